The Morgan fingerprint density at radius 3 is 2.53 bits per heavy atom. The van der Waals surface area contributed by atoms with Crippen molar-refractivity contribution in [1.29, 1.82) is 0 Å². The van der Waals surface area contributed by atoms with Crippen LogP contribution in [0.15, 0.2) is 0 Å². The molecule has 0 aliphatic heterocycles. The molecule has 0 bridgehead atoms. The van der Waals surface area contributed by atoms with Crippen molar-refractivity contribution in [3.63, 3.8) is 0 Å². The largest absolute Gasteiger partial charge is 0.358 e. The van der Waals surface area contributed by atoms with Crippen LogP contribution in [0, 0.1) is 0 Å². The second kappa shape index (κ2) is 8.68. The van der Waals surface area contributed by atoms with E-state index in [2.05, 4.69) is 36.3 Å². The number of nitrogens with one attached hydrogen (secondary N) is 2. The molecule has 0 atom stereocenters. The minimum Gasteiger partial charge on any atom is -0.358 e. The Hall–Kier alpha value is -0.610. The summed E-state index contributed by atoms with van der Waals surface area (Å²) in [7, 11) is 1.68. The predicted octanol–water partition coefficient (Wildman–Crippen LogP) is 0.442. The van der Waals surface area contributed by atoms with Crippen molar-refractivity contribution >= 4 is 5.91 Å². The third-order valence-electron chi connectivity index (χ3n) is 2.30. The Morgan fingerprint density at radius 1 is 1.40 bits per heavy atom. The van der Waals surface area contributed by atoms with Crippen LogP contribution in [0.1, 0.15) is 27.2 Å². The first-order chi connectivity index (χ1) is 7.10. The summed E-state index contributed by atoms with van der Waals surface area (Å²) in [6.07, 6.45) is 1.09. The van der Waals surface area contributed by atoms with Crippen molar-refractivity contribution in [1.82, 2.24) is 15.5 Å². The van der Waals surface area contributed by atoms with E-state index in [1.54, 1.807) is 7.05 Å². The van der Waals surface area contributed by atoms with Gasteiger partial charge in [0, 0.05) is 13.1 Å². The molecule has 4 heteroatoms. The molecule has 0 aliphatic carbocycles. The van der Waals surface area contributed by atoms with E-state index in [1.807, 2.05) is 0 Å². The molecular weight excluding hydrogens is 190 g/mol. The first kappa shape index (κ1) is 14.4. The molecule has 4 nitrogen and oxygen atoms in total. The molecule has 0 spiro atoms. The van der Waals surface area contributed by atoms with Gasteiger partial charge < -0.3 is 10.6 Å². The van der Waals surface area contributed by atoms with Crippen molar-refractivity contribution in [2.24, 2.45) is 0 Å². The van der Waals surface area contributed by atoms with Crippen LogP contribution >= 0.6 is 0 Å². The average molecular weight is 215 g/mol. The molecule has 0 heterocycles. The summed E-state index contributed by atoms with van der Waals surface area (Å²) in [5.41, 5.74) is 0. The van der Waals surface area contributed by atoms with E-state index in [-0.39, 0.29) is 5.91 Å². The topological polar surface area (TPSA) is 44.4 Å². The molecule has 2 N–H and O–H groups in total. The number of nitrogens with zero attached hydrogens (tertiary/aromatic N) is 1. The average Bonchev–Trinajstić information content (AvgIpc) is 2.21. The van der Waals surface area contributed by atoms with Gasteiger partial charge in [-0.05, 0) is 26.1 Å². The molecule has 0 saturated heterocycles. The highest BCUT2D eigenvalue weighted by Gasteiger charge is 2.06. The lowest BCUT2D eigenvalue weighted by atomic mass is 10.3. The van der Waals surface area contributed by atoms with E-state index < -0.39 is 0 Å². The number of amides is 1. The normalized spacial score (nSPS) is 11.1. The summed E-state index contributed by atoms with van der Waals surface area (Å²) in [5.74, 6) is 0.0914. The van der Waals surface area contributed by atoms with Crippen LogP contribution < -0.4 is 10.6 Å². The fraction of sp³-hybridized carbons (Fsp3) is 0.909. The van der Waals surface area contributed by atoms with Gasteiger partial charge in [0.25, 0.3) is 0 Å². The zero-order chi connectivity index (χ0) is 11.7. The molecule has 15 heavy (non-hydrogen) atoms. The maximum absolute atomic E-state index is 11.2. The summed E-state index contributed by atoms with van der Waals surface area (Å²) >= 11 is 0. The summed E-state index contributed by atoms with van der Waals surface area (Å²) < 4.78 is 0. The third-order valence-corrected chi connectivity index (χ3v) is 2.30. The van der Waals surface area contributed by atoms with Gasteiger partial charge in [0.1, 0.15) is 0 Å². The second-order valence-electron chi connectivity index (χ2n) is 4.00. The van der Waals surface area contributed by atoms with Crippen molar-refractivity contribution in [3.8, 4) is 0 Å². The van der Waals surface area contributed by atoms with Crippen molar-refractivity contribution < 1.29 is 4.79 Å². The Bertz CT molecular complexity index is 171. The summed E-state index contributed by atoms with van der Waals surface area (Å²) in [6.45, 7) is 9.79. The fourth-order valence-electron chi connectivity index (χ4n) is 1.32. The van der Waals surface area contributed by atoms with Gasteiger partial charge >= 0.3 is 0 Å². The number of hydrogen-bond acceptors (Lipinski definition) is 3. The highest BCUT2D eigenvalue weighted by Crippen LogP contribution is 1.91. The van der Waals surface area contributed by atoms with Crippen LogP contribution in [0.5, 0.6) is 0 Å². The Balaban J connectivity index is 3.57. The Labute approximate surface area is 93.4 Å². The minimum absolute atomic E-state index is 0.0914. The van der Waals surface area contributed by atoms with E-state index in [4.69, 9.17) is 0 Å². The fourth-order valence-corrected chi connectivity index (χ4v) is 1.32. The van der Waals surface area contributed by atoms with Gasteiger partial charge in [0.2, 0.25) is 5.91 Å². The maximum Gasteiger partial charge on any atom is 0.233 e. The molecule has 0 aliphatic rings. The number of rotatable bonds is 8. The molecule has 90 valence electrons. The van der Waals surface area contributed by atoms with E-state index in [0.717, 1.165) is 26.1 Å². The zero-order valence-electron chi connectivity index (χ0n) is 10.5. The smallest absolute Gasteiger partial charge is 0.233 e. The highest BCUT2D eigenvalue weighted by molar-refractivity contribution is 5.77. The van der Waals surface area contributed by atoms with Gasteiger partial charge in [0.05, 0.1) is 6.54 Å². The van der Waals surface area contributed by atoms with E-state index >= 15 is 0 Å². The molecule has 0 saturated carbocycles. The van der Waals surface area contributed by atoms with E-state index in [1.165, 1.54) is 0 Å². The minimum atomic E-state index is 0.0914. The van der Waals surface area contributed by atoms with Crippen LogP contribution in [0.3, 0.4) is 0 Å². The lowest BCUT2D eigenvalue weighted by molar-refractivity contribution is -0.121. The van der Waals surface area contributed by atoms with Crippen molar-refractivity contribution in [3.05, 3.63) is 0 Å². The van der Waals surface area contributed by atoms with E-state index in [0.29, 0.717) is 12.6 Å². The van der Waals surface area contributed by atoms with Gasteiger partial charge in [0.15, 0.2) is 0 Å². The highest BCUT2D eigenvalue weighted by atomic mass is 16.1. The molecule has 0 unspecified atom stereocenters. The summed E-state index contributed by atoms with van der Waals surface area (Å²) in [5, 5.41) is 6.01. The van der Waals surface area contributed by atoms with Crippen LogP contribution in [0.25, 0.3) is 0 Å². The summed E-state index contributed by atoms with van der Waals surface area (Å²) in [6, 6.07) is 0.541. The van der Waals surface area contributed by atoms with Crippen LogP contribution in [0.2, 0.25) is 0 Å². The molecule has 0 fully saturated rings. The molecule has 0 aromatic heterocycles. The molecular formula is C11H25N3O. The monoisotopic (exact) mass is 215 g/mol. The molecule has 0 rings (SSSR count). The predicted molar refractivity (Wildman–Crippen MR) is 63.9 cm³/mol. The Morgan fingerprint density at radius 2 is 2.07 bits per heavy atom. The molecule has 1 amide bonds. The van der Waals surface area contributed by atoms with Crippen LogP contribution in [-0.2, 0) is 4.79 Å². The number of likely N-dealkylation sites (N-methyl/N-ethyl adjacent to an activating group) is 2. The van der Waals surface area contributed by atoms with Crippen LogP contribution in [0.4, 0.5) is 0 Å². The standard InChI is InChI=1S/C11H25N3O/c1-5-14(9-11(15)12-4)8-6-7-13-10(2)3/h10,13H,5-9H2,1-4H3,(H,12,15). The first-order valence-corrected chi connectivity index (χ1v) is 5.76. The lowest BCUT2D eigenvalue weighted by Gasteiger charge is -2.19. The SMILES string of the molecule is CCN(CCCNC(C)C)CC(=O)NC. The molecule has 0 aromatic carbocycles. The lowest BCUT2D eigenvalue weighted by Crippen LogP contribution is -2.37. The third kappa shape index (κ3) is 8.39. The second-order valence-corrected chi connectivity index (χ2v) is 4.00. The maximum atomic E-state index is 11.2. The van der Waals surface area contributed by atoms with Crippen molar-refractivity contribution in [2.45, 2.75) is 33.2 Å². The molecule has 0 radical (unpaired) electrons. The van der Waals surface area contributed by atoms with Crippen molar-refractivity contribution in [2.75, 3.05) is 33.2 Å². The van der Waals surface area contributed by atoms with Gasteiger partial charge in [-0.3, -0.25) is 9.69 Å². The van der Waals surface area contributed by atoms with E-state index in [9.17, 15) is 4.79 Å². The number of carbonyl (C=O) groups excluding carboxylic acids is 1. The zero-order valence-corrected chi connectivity index (χ0v) is 10.5. The number of carbonyl (C=O) groups is 1. The summed E-state index contributed by atoms with van der Waals surface area (Å²) in [4.78, 5) is 13.3. The molecule has 0 aromatic rings. The van der Waals surface area contributed by atoms with Crippen LogP contribution in [-0.4, -0.2) is 50.1 Å². The van der Waals surface area contributed by atoms with Gasteiger partial charge in [-0.25, -0.2) is 0 Å². The Kier molecular flexibility index (Phi) is 8.33. The number of hydrogen-bond donors (Lipinski definition) is 2. The van der Waals surface area contributed by atoms with Gasteiger partial charge in [-0.1, -0.05) is 20.8 Å². The quantitative estimate of drug-likeness (QED) is 0.578. The van der Waals surface area contributed by atoms with Gasteiger partial charge in [-0.2, -0.15) is 0 Å². The van der Waals surface area contributed by atoms with Gasteiger partial charge in [-0.15, -0.1) is 0 Å². The first-order valence-electron chi connectivity index (χ1n) is 5.76.